The van der Waals surface area contributed by atoms with Gasteiger partial charge in [0.1, 0.15) is 0 Å². The number of rotatable bonds is 1. The number of ether oxygens (including phenoxy) is 2. The third-order valence-corrected chi connectivity index (χ3v) is 11.5. The van der Waals surface area contributed by atoms with Gasteiger partial charge in [0.05, 0.1) is 24.4 Å². The molecule has 4 aliphatic carbocycles. The Morgan fingerprint density at radius 3 is 2.61 bits per heavy atom. The molecule has 3 saturated carbocycles. The molecule has 0 bridgehead atoms. The maximum atomic E-state index is 10.3. The molecule has 5 fully saturated rings. The van der Waals surface area contributed by atoms with E-state index in [4.69, 9.17) is 9.47 Å². The van der Waals surface area contributed by atoms with Crippen LogP contribution in [0.25, 0.3) is 0 Å². The van der Waals surface area contributed by atoms with E-state index < -0.39 is 11.4 Å². The van der Waals surface area contributed by atoms with Crippen LogP contribution in [0.5, 0.6) is 0 Å². The fourth-order valence-electron chi connectivity index (χ4n) is 9.79. The van der Waals surface area contributed by atoms with Crippen molar-refractivity contribution in [2.75, 3.05) is 6.61 Å². The molecule has 0 unspecified atom stereocenters. The fourth-order valence-corrected chi connectivity index (χ4v) is 9.79. The highest BCUT2D eigenvalue weighted by Gasteiger charge is 2.70. The maximum Gasteiger partial charge on any atom is 0.172 e. The van der Waals surface area contributed by atoms with Gasteiger partial charge < -0.3 is 19.7 Å². The predicted molar refractivity (Wildman–Crippen MR) is 119 cm³/mol. The lowest BCUT2D eigenvalue weighted by Crippen LogP contribution is -2.52. The zero-order valence-corrected chi connectivity index (χ0v) is 19.9. The summed E-state index contributed by atoms with van der Waals surface area (Å²) in [5.74, 6) is 2.71. The van der Waals surface area contributed by atoms with E-state index in [0.717, 1.165) is 49.9 Å². The number of fused-ring (bicyclic) bond motifs is 7. The Bertz CT molecular complexity index is 794. The van der Waals surface area contributed by atoms with E-state index in [2.05, 4.69) is 26.8 Å². The Hall–Kier alpha value is -0.420. The van der Waals surface area contributed by atoms with Crippen molar-refractivity contribution >= 4 is 0 Å². The molecule has 2 saturated heterocycles. The summed E-state index contributed by atoms with van der Waals surface area (Å²) in [7, 11) is 0. The maximum absolute atomic E-state index is 10.3. The highest BCUT2D eigenvalue weighted by Crippen LogP contribution is 2.71. The largest absolute Gasteiger partial charge is 0.393 e. The standard InChI is InChI=1S/C27H42O4/c1-16-23-22(30-27(16)12-11-24(2,15-28)31-27)14-21-19-6-5-17-13-18(29)7-9-25(17,3)20(19)8-10-26(21,23)4/h5,16,18-23,28-29H,6-15H2,1-4H3/t16-,18+,19-,20+,21+,22+,23+,24+,25+,26+,27+/m1/s1. The summed E-state index contributed by atoms with van der Waals surface area (Å²) in [5, 5.41) is 20.1. The van der Waals surface area contributed by atoms with Crippen LogP contribution >= 0.6 is 0 Å². The van der Waals surface area contributed by atoms with E-state index in [1.165, 1.54) is 25.7 Å². The van der Waals surface area contributed by atoms with Crippen LogP contribution in [0, 0.1) is 40.4 Å². The molecule has 0 aromatic rings. The Morgan fingerprint density at radius 2 is 1.87 bits per heavy atom. The molecule has 6 rings (SSSR count). The van der Waals surface area contributed by atoms with Crippen LogP contribution in [-0.2, 0) is 9.47 Å². The van der Waals surface area contributed by atoms with Gasteiger partial charge in [-0.1, -0.05) is 32.4 Å². The van der Waals surface area contributed by atoms with Gasteiger partial charge in [0.2, 0.25) is 0 Å². The average Bonchev–Trinajstić information content (AvgIpc) is 3.32. The molecule has 2 heterocycles. The van der Waals surface area contributed by atoms with Gasteiger partial charge in [0, 0.05) is 12.3 Å². The van der Waals surface area contributed by atoms with Crippen molar-refractivity contribution in [2.24, 2.45) is 40.4 Å². The molecule has 6 aliphatic rings. The van der Waals surface area contributed by atoms with Crippen LogP contribution in [0.4, 0.5) is 0 Å². The van der Waals surface area contributed by atoms with E-state index in [0.29, 0.717) is 28.8 Å². The van der Waals surface area contributed by atoms with Crippen molar-refractivity contribution in [3.63, 3.8) is 0 Å². The first-order valence-electron chi connectivity index (χ1n) is 13.0. The van der Waals surface area contributed by atoms with Crippen LogP contribution in [0.15, 0.2) is 11.6 Å². The second-order valence-corrected chi connectivity index (χ2v) is 12.9. The van der Waals surface area contributed by atoms with Crippen molar-refractivity contribution in [1.29, 1.82) is 0 Å². The van der Waals surface area contributed by atoms with Crippen molar-refractivity contribution in [2.45, 2.75) is 109 Å². The lowest BCUT2D eigenvalue weighted by atomic mass is 9.47. The van der Waals surface area contributed by atoms with Gasteiger partial charge in [-0.3, -0.25) is 0 Å². The van der Waals surface area contributed by atoms with Crippen LogP contribution in [0.2, 0.25) is 0 Å². The molecule has 174 valence electrons. The van der Waals surface area contributed by atoms with Gasteiger partial charge >= 0.3 is 0 Å². The molecule has 2 aliphatic heterocycles. The first-order valence-corrected chi connectivity index (χ1v) is 13.0. The monoisotopic (exact) mass is 430 g/mol. The van der Waals surface area contributed by atoms with E-state index in [1.807, 2.05) is 6.92 Å². The Kier molecular flexibility index (Phi) is 4.49. The lowest BCUT2D eigenvalue weighted by Gasteiger charge is -2.58. The van der Waals surface area contributed by atoms with Gasteiger partial charge in [0.15, 0.2) is 5.79 Å². The molecule has 11 atom stereocenters. The van der Waals surface area contributed by atoms with E-state index >= 15 is 0 Å². The topological polar surface area (TPSA) is 58.9 Å². The minimum Gasteiger partial charge on any atom is -0.393 e. The zero-order chi connectivity index (χ0) is 21.8. The SMILES string of the molecule is C[C@@H]1[C@H]2[C@H](C[C@H]3[C@@H]4CC=C5C[C@@H](O)CC[C@]5(C)[C@H]4CC[C@]23C)O[C@]12CC[C@@](C)(CO)O2. The molecule has 4 nitrogen and oxygen atoms in total. The molecule has 31 heavy (non-hydrogen) atoms. The molecular weight excluding hydrogens is 388 g/mol. The fraction of sp³-hybridized carbons (Fsp3) is 0.926. The Labute approximate surface area is 187 Å². The van der Waals surface area contributed by atoms with Crippen molar-refractivity contribution in [3.05, 3.63) is 11.6 Å². The molecular formula is C27H42O4. The normalized spacial score (nSPS) is 60.3. The van der Waals surface area contributed by atoms with E-state index in [1.54, 1.807) is 5.57 Å². The van der Waals surface area contributed by atoms with Crippen LogP contribution in [0.1, 0.15) is 85.5 Å². The number of hydrogen-bond donors (Lipinski definition) is 2. The quantitative estimate of drug-likeness (QED) is 0.585. The van der Waals surface area contributed by atoms with Gasteiger partial charge in [-0.2, -0.15) is 0 Å². The zero-order valence-electron chi connectivity index (χ0n) is 19.9. The van der Waals surface area contributed by atoms with Crippen LogP contribution < -0.4 is 0 Å². The number of allylic oxidation sites excluding steroid dienone is 1. The summed E-state index contributed by atoms with van der Waals surface area (Å²) < 4.78 is 13.4. The molecule has 0 radical (unpaired) electrons. The molecule has 0 aromatic heterocycles. The number of aliphatic hydroxyl groups is 2. The summed E-state index contributed by atoms with van der Waals surface area (Å²) >= 11 is 0. The summed E-state index contributed by atoms with van der Waals surface area (Å²) in [6, 6.07) is 0. The Morgan fingerprint density at radius 1 is 1.06 bits per heavy atom. The molecule has 0 aromatic carbocycles. The van der Waals surface area contributed by atoms with Gasteiger partial charge in [-0.05, 0) is 92.8 Å². The minimum absolute atomic E-state index is 0.0752. The minimum atomic E-state index is -0.483. The van der Waals surface area contributed by atoms with Gasteiger partial charge in [-0.25, -0.2) is 0 Å². The average molecular weight is 431 g/mol. The number of aliphatic hydroxyl groups excluding tert-OH is 2. The van der Waals surface area contributed by atoms with Gasteiger partial charge in [-0.15, -0.1) is 0 Å². The summed E-state index contributed by atoms with van der Waals surface area (Å²) in [5.41, 5.74) is 1.73. The van der Waals surface area contributed by atoms with E-state index in [9.17, 15) is 10.2 Å². The van der Waals surface area contributed by atoms with Gasteiger partial charge in [0.25, 0.3) is 0 Å². The molecule has 4 heteroatoms. The third kappa shape index (κ3) is 2.68. The predicted octanol–water partition coefficient (Wildman–Crippen LogP) is 4.83. The smallest absolute Gasteiger partial charge is 0.172 e. The summed E-state index contributed by atoms with van der Waals surface area (Å²) in [6.45, 7) is 9.57. The molecule has 1 spiro atoms. The Balaban J connectivity index is 1.28. The highest BCUT2D eigenvalue weighted by atomic mass is 16.7. The summed E-state index contributed by atoms with van der Waals surface area (Å²) in [6.07, 6.45) is 12.5. The molecule has 0 amide bonds. The summed E-state index contributed by atoms with van der Waals surface area (Å²) in [4.78, 5) is 0. The third-order valence-electron chi connectivity index (χ3n) is 11.5. The van der Waals surface area contributed by atoms with Crippen molar-refractivity contribution < 1.29 is 19.7 Å². The van der Waals surface area contributed by atoms with Crippen molar-refractivity contribution in [1.82, 2.24) is 0 Å². The molecule has 2 N–H and O–H groups in total. The van der Waals surface area contributed by atoms with Crippen LogP contribution in [-0.4, -0.2) is 40.4 Å². The lowest BCUT2D eigenvalue weighted by molar-refractivity contribution is -0.262. The van der Waals surface area contributed by atoms with Crippen molar-refractivity contribution in [3.8, 4) is 0 Å². The number of hydrogen-bond acceptors (Lipinski definition) is 4. The first kappa shape index (κ1) is 21.1. The second-order valence-electron chi connectivity index (χ2n) is 12.9. The highest BCUT2D eigenvalue weighted by molar-refractivity contribution is 5.26. The van der Waals surface area contributed by atoms with Crippen LogP contribution in [0.3, 0.4) is 0 Å². The second kappa shape index (κ2) is 6.58. The van der Waals surface area contributed by atoms with E-state index in [-0.39, 0.29) is 12.7 Å². The first-order chi connectivity index (χ1) is 14.6.